The Morgan fingerprint density at radius 2 is 1.96 bits per heavy atom. The summed E-state index contributed by atoms with van der Waals surface area (Å²) in [4.78, 5) is 36.0. The molecular weight excluding hydrogens is 334 g/mol. The van der Waals surface area contributed by atoms with E-state index in [1.165, 1.54) is 23.3 Å². The number of carboxylic acids is 1. The molecule has 0 saturated heterocycles. The summed E-state index contributed by atoms with van der Waals surface area (Å²) in [5, 5.41) is 23.1. The third-order valence-electron chi connectivity index (χ3n) is 3.52. The lowest BCUT2D eigenvalue weighted by atomic mass is 10.0. The van der Waals surface area contributed by atoms with E-state index < -0.39 is 24.0 Å². The van der Waals surface area contributed by atoms with Crippen molar-refractivity contribution in [3.8, 4) is 0 Å². The summed E-state index contributed by atoms with van der Waals surface area (Å²) < 4.78 is 0. The zero-order valence-corrected chi connectivity index (χ0v) is 15.0. The molecule has 0 aromatic carbocycles. The molecule has 0 spiro atoms. The number of rotatable bonds is 8. The zero-order valence-electron chi connectivity index (χ0n) is 14.2. The summed E-state index contributed by atoms with van der Waals surface area (Å²) in [6.07, 6.45) is 0.614. The van der Waals surface area contributed by atoms with Gasteiger partial charge in [0, 0.05) is 19.6 Å². The zero-order chi connectivity index (χ0) is 18.3. The van der Waals surface area contributed by atoms with Crippen molar-refractivity contribution >= 4 is 34.4 Å². The van der Waals surface area contributed by atoms with Crippen molar-refractivity contribution in [2.24, 2.45) is 5.92 Å². The molecule has 1 aromatic heterocycles. The minimum absolute atomic E-state index is 0.0963. The van der Waals surface area contributed by atoms with Gasteiger partial charge in [-0.05, 0) is 13.3 Å². The number of aryl methyl sites for hydroxylation is 1. The molecule has 2 atom stereocenters. The van der Waals surface area contributed by atoms with E-state index in [0.29, 0.717) is 5.13 Å². The highest BCUT2D eigenvalue weighted by Gasteiger charge is 2.24. The summed E-state index contributed by atoms with van der Waals surface area (Å²) in [6, 6.07) is -0.851. The number of urea groups is 1. The molecular formula is C14H23N5O4S. The van der Waals surface area contributed by atoms with Crippen LogP contribution in [0.15, 0.2) is 0 Å². The Morgan fingerprint density at radius 1 is 1.29 bits per heavy atom. The molecule has 0 aliphatic heterocycles. The number of carbonyl (C=O) groups is 3. The minimum atomic E-state index is -0.973. The Bertz CT molecular complexity index is 591. The maximum atomic E-state index is 12.2. The van der Waals surface area contributed by atoms with Crippen LogP contribution in [-0.4, -0.2) is 57.7 Å². The van der Waals surface area contributed by atoms with E-state index in [0.717, 1.165) is 11.4 Å². The molecule has 0 saturated carbocycles. The van der Waals surface area contributed by atoms with Gasteiger partial charge in [0.15, 0.2) is 0 Å². The fraction of sp³-hybridized carbons (Fsp3) is 0.643. The maximum absolute atomic E-state index is 12.2. The largest absolute Gasteiger partial charge is 0.481 e. The van der Waals surface area contributed by atoms with Crippen molar-refractivity contribution in [3.63, 3.8) is 0 Å². The van der Waals surface area contributed by atoms with E-state index in [4.69, 9.17) is 5.11 Å². The Balaban J connectivity index is 2.50. The SMILES string of the molecule is CCc1nnc(NC(=O)C(C)C(C)NC(=O)N(C)CCC(=O)O)s1. The molecule has 0 radical (unpaired) electrons. The lowest BCUT2D eigenvalue weighted by molar-refractivity contribution is -0.137. The molecule has 0 fully saturated rings. The minimum Gasteiger partial charge on any atom is -0.481 e. The highest BCUT2D eigenvalue weighted by molar-refractivity contribution is 7.15. The first-order chi connectivity index (χ1) is 11.2. The van der Waals surface area contributed by atoms with Crippen LogP contribution >= 0.6 is 11.3 Å². The third-order valence-corrected chi connectivity index (χ3v) is 4.50. The second kappa shape index (κ2) is 9.16. The van der Waals surface area contributed by atoms with Crippen molar-refractivity contribution in [3.05, 3.63) is 5.01 Å². The molecule has 0 aliphatic rings. The number of carbonyl (C=O) groups excluding carboxylic acids is 2. The van der Waals surface area contributed by atoms with Crippen LogP contribution in [0.4, 0.5) is 9.93 Å². The molecule has 1 aromatic rings. The van der Waals surface area contributed by atoms with Crippen LogP contribution < -0.4 is 10.6 Å². The van der Waals surface area contributed by atoms with Crippen LogP contribution in [0.3, 0.4) is 0 Å². The number of hydrogen-bond acceptors (Lipinski definition) is 6. The van der Waals surface area contributed by atoms with Crippen LogP contribution in [0.2, 0.25) is 0 Å². The molecule has 0 aliphatic carbocycles. The molecule has 24 heavy (non-hydrogen) atoms. The van der Waals surface area contributed by atoms with Gasteiger partial charge in [0.2, 0.25) is 11.0 Å². The number of nitrogens with one attached hydrogen (secondary N) is 2. The highest BCUT2D eigenvalue weighted by atomic mass is 32.1. The first-order valence-corrected chi connectivity index (χ1v) is 8.42. The first-order valence-electron chi connectivity index (χ1n) is 7.61. The number of anilines is 1. The maximum Gasteiger partial charge on any atom is 0.317 e. The fourth-order valence-electron chi connectivity index (χ4n) is 1.69. The number of carboxylic acid groups (broad SMARTS) is 1. The summed E-state index contributed by atoms with van der Waals surface area (Å²) in [5.74, 6) is -1.73. The van der Waals surface area contributed by atoms with Crippen LogP contribution in [-0.2, 0) is 16.0 Å². The van der Waals surface area contributed by atoms with Gasteiger partial charge in [-0.15, -0.1) is 10.2 Å². The van der Waals surface area contributed by atoms with E-state index in [9.17, 15) is 14.4 Å². The van der Waals surface area contributed by atoms with Gasteiger partial charge >= 0.3 is 12.0 Å². The van der Waals surface area contributed by atoms with Crippen molar-refractivity contribution in [2.45, 2.75) is 39.7 Å². The molecule has 10 heteroatoms. The van der Waals surface area contributed by atoms with Crippen LogP contribution in [0.5, 0.6) is 0 Å². The number of aromatic nitrogens is 2. The van der Waals surface area contributed by atoms with Crippen LogP contribution in [0.25, 0.3) is 0 Å². The van der Waals surface area contributed by atoms with Crippen molar-refractivity contribution in [1.29, 1.82) is 0 Å². The molecule has 0 bridgehead atoms. The quantitative estimate of drug-likeness (QED) is 0.642. The van der Waals surface area contributed by atoms with Gasteiger partial charge in [-0.1, -0.05) is 25.2 Å². The highest BCUT2D eigenvalue weighted by Crippen LogP contribution is 2.17. The summed E-state index contributed by atoms with van der Waals surface area (Å²) in [7, 11) is 1.50. The Kier molecular flexibility index (Phi) is 7.56. The molecule has 1 rings (SSSR count). The van der Waals surface area contributed by atoms with E-state index in [2.05, 4.69) is 20.8 Å². The Labute approximate surface area is 144 Å². The Morgan fingerprint density at radius 3 is 2.50 bits per heavy atom. The van der Waals surface area contributed by atoms with Crippen LogP contribution in [0, 0.1) is 5.92 Å². The van der Waals surface area contributed by atoms with Gasteiger partial charge in [-0.25, -0.2) is 4.79 Å². The average molecular weight is 357 g/mol. The number of amides is 3. The normalized spacial score (nSPS) is 13.0. The predicted octanol–water partition coefficient (Wildman–Crippen LogP) is 1.18. The molecule has 134 valence electrons. The lowest BCUT2D eigenvalue weighted by Crippen LogP contribution is -2.47. The first kappa shape index (κ1) is 19.8. The number of nitrogens with zero attached hydrogens (tertiary/aromatic N) is 3. The van der Waals surface area contributed by atoms with E-state index >= 15 is 0 Å². The lowest BCUT2D eigenvalue weighted by Gasteiger charge is -2.24. The van der Waals surface area contributed by atoms with Gasteiger partial charge < -0.3 is 20.6 Å². The van der Waals surface area contributed by atoms with Gasteiger partial charge in [0.05, 0.1) is 12.3 Å². The molecule has 9 nitrogen and oxygen atoms in total. The summed E-state index contributed by atoms with van der Waals surface area (Å²) in [5.41, 5.74) is 0. The third kappa shape index (κ3) is 6.11. The van der Waals surface area contributed by atoms with Gasteiger partial charge in [0.1, 0.15) is 5.01 Å². The van der Waals surface area contributed by atoms with Crippen molar-refractivity contribution in [1.82, 2.24) is 20.4 Å². The van der Waals surface area contributed by atoms with E-state index in [1.807, 2.05) is 6.92 Å². The second-order valence-corrected chi connectivity index (χ2v) is 6.50. The molecule has 3 N–H and O–H groups in total. The fourth-order valence-corrected chi connectivity index (χ4v) is 2.37. The van der Waals surface area contributed by atoms with Crippen molar-refractivity contribution in [2.75, 3.05) is 18.9 Å². The molecule has 3 amide bonds. The van der Waals surface area contributed by atoms with E-state index in [1.54, 1.807) is 13.8 Å². The molecule has 2 unspecified atom stereocenters. The monoisotopic (exact) mass is 357 g/mol. The standard InChI is InChI=1S/C14H23N5O4S/c1-5-10-17-18-13(24-10)16-12(22)8(2)9(3)15-14(23)19(4)7-6-11(20)21/h8-9H,5-7H2,1-4H3,(H,15,23)(H,20,21)(H,16,18,22). The number of aliphatic carboxylic acids is 1. The van der Waals surface area contributed by atoms with Gasteiger partial charge in [0.25, 0.3) is 0 Å². The summed E-state index contributed by atoms with van der Waals surface area (Å²) >= 11 is 1.31. The predicted molar refractivity (Wildman–Crippen MR) is 90.0 cm³/mol. The summed E-state index contributed by atoms with van der Waals surface area (Å²) in [6.45, 7) is 5.45. The number of hydrogen-bond donors (Lipinski definition) is 3. The molecule has 1 heterocycles. The average Bonchev–Trinajstić information content (AvgIpc) is 2.98. The Hall–Kier alpha value is -2.23. The smallest absolute Gasteiger partial charge is 0.317 e. The topological polar surface area (TPSA) is 125 Å². The van der Waals surface area contributed by atoms with Crippen molar-refractivity contribution < 1.29 is 19.5 Å². The van der Waals surface area contributed by atoms with Crippen LogP contribution in [0.1, 0.15) is 32.2 Å². The van der Waals surface area contributed by atoms with Gasteiger partial charge in [-0.3, -0.25) is 9.59 Å². The second-order valence-electron chi connectivity index (χ2n) is 5.44. The van der Waals surface area contributed by atoms with E-state index in [-0.39, 0.29) is 18.9 Å². The van der Waals surface area contributed by atoms with Gasteiger partial charge in [-0.2, -0.15) is 0 Å².